The van der Waals surface area contributed by atoms with Gasteiger partial charge in [-0.2, -0.15) is 13.2 Å². The number of nitrogens with zero attached hydrogens (tertiary/aromatic N) is 5. The van der Waals surface area contributed by atoms with Crippen molar-refractivity contribution in [2.24, 2.45) is 0 Å². The topological polar surface area (TPSA) is 96.0 Å². The van der Waals surface area contributed by atoms with Gasteiger partial charge in [-0.3, -0.25) is 20.2 Å². The molecule has 49 heavy (non-hydrogen) atoms. The van der Waals surface area contributed by atoms with E-state index in [2.05, 4.69) is 0 Å². The molecule has 4 aromatic carbocycles. The van der Waals surface area contributed by atoms with Crippen LogP contribution in [0.2, 0.25) is 10.0 Å². The highest BCUT2D eigenvalue weighted by atomic mass is 35.5. The van der Waals surface area contributed by atoms with Crippen LogP contribution in [0.3, 0.4) is 0 Å². The SMILES string of the molecule is O=[N+]([O-])c1cc(C2CCC(c3ccc(Cl)c([N+](=O)[O-])c3)N2c2cc(F)c(N3CCN(c4ccc(C(F)(F)F)cc4)CC3)c(F)c2)ccc1Cl. The molecular formula is C33H26Cl2F5N5O4. The van der Waals surface area contributed by atoms with E-state index in [1.54, 1.807) is 17.0 Å². The molecule has 0 aromatic heterocycles. The van der Waals surface area contributed by atoms with Crippen molar-refractivity contribution >= 4 is 51.6 Å². The zero-order chi connectivity index (χ0) is 35.2. The molecule has 2 heterocycles. The molecule has 16 heteroatoms. The van der Waals surface area contributed by atoms with Crippen LogP contribution < -0.4 is 14.7 Å². The quantitative estimate of drug-likeness (QED) is 0.107. The lowest BCUT2D eigenvalue weighted by Crippen LogP contribution is -2.47. The van der Waals surface area contributed by atoms with E-state index < -0.39 is 45.3 Å². The molecule has 6 rings (SSSR count). The van der Waals surface area contributed by atoms with Crippen LogP contribution in [0.4, 0.5) is 50.4 Å². The average molecular weight is 722 g/mol. The number of halogens is 7. The van der Waals surface area contributed by atoms with Gasteiger partial charge >= 0.3 is 6.18 Å². The first kappa shape index (κ1) is 34.2. The van der Waals surface area contributed by atoms with E-state index in [-0.39, 0.29) is 45.9 Å². The van der Waals surface area contributed by atoms with Gasteiger partial charge in [0.2, 0.25) is 0 Å². The Balaban J connectivity index is 1.32. The first-order chi connectivity index (χ1) is 23.2. The van der Waals surface area contributed by atoms with Gasteiger partial charge in [0.15, 0.2) is 11.6 Å². The van der Waals surface area contributed by atoms with Crippen molar-refractivity contribution in [3.63, 3.8) is 0 Å². The van der Waals surface area contributed by atoms with Gasteiger partial charge in [0.1, 0.15) is 15.7 Å². The van der Waals surface area contributed by atoms with Gasteiger partial charge in [-0.25, -0.2) is 8.78 Å². The van der Waals surface area contributed by atoms with Crippen LogP contribution in [0.15, 0.2) is 72.8 Å². The average Bonchev–Trinajstić information content (AvgIpc) is 3.50. The van der Waals surface area contributed by atoms with Crippen LogP contribution >= 0.6 is 23.2 Å². The molecule has 0 aliphatic carbocycles. The Morgan fingerprint density at radius 2 is 1.10 bits per heavy atom. The number of piperazine rings is 1. The number of rotatable bonds is 7. The summed E-state index contributed by atoms with van der Waals surface area (Å²) in [5, 5.41) is 23.2. The Labute approximate surface area is 286 Å². The molecule has 0 radical (unpaired) electrons. The fourth-order valence-corrected chi connectivity index (χ4v) is 7.01. The lowest BCUT2D eigenvalue weighted by molar-refractivity contribution is -0.384. The highest BCUT2D eigenvalue weighted by Gasteiger charge is 2.38. The van der Waals surface area contributed by atoms with Crippen LogP contribution in [0.25, 0.3) is 0 Å². The molecule has 0 amide bonds. The number of hydrogen-bond donors (Lipinski definition) is 0. The second-order valence-corrected chi connectivity index (χ2v) is 12.5. The van der Waals surface area contributed by atoms with Crippen molar-refractivity contribution in [3.8, 4) is 0 Å². The van der Waals surface area contributed by atoms with Crippen molar-refractivity contribution in [1.29, 1.82) is 0 Å². The van der Waals surface area contributed by atoms with Gasteiger partial charge in [-0.05, 0) is 72.5 Å². The van der Waals surface area contributed by atoms with Gasteiger partial charge in [0, 0.05) is 49.7 Å². The first-order valence-corrected chi connectivity index (χ1v) is 15.8. The predicted molar refractivity (Wildman–Crippen MR) is 176 cm³/mol. The van der Waals surface area contributed by atoms with Gasteiger partial charge < -0.3 is 14.7 Å². The number of alkyl halides is 3. The van der Waals surface area contributed by atoms with Gasteiger partial charge in [0.25, 0.3) is 11.4 Å². The minimum Gasteiger partial charge on any atom is -0.368 e. The van der Waals surface area contributed by atoms with Gasteiger partial charge in [0.05, 0.1) is 27.5 Å². The summed E-state index contributed by atoms with van der Waals surface area (Å²) in [4.78, 5) is 27.1. The summed E-state index contributed by atoms with van der Waals surface area (Å²) in [5.74, 6) is -1.74. The van der Waals surface area contributed by atoms with Crippen molar-refractivity contribution < 1.29 is 31.8 Å². The summed E-state index contributed by atoms with van der Waals surface area (Å²) in [7, 11) is 0. The molecule has 2 aliphatic heterocycles. The largest absolute Gasteiger partial charge is 0.416 e. The maximum Gasteiger partial charge on any atom is 0.416 e. The second kappa shape index (κ2) is 13.3. The highest BCUT2D eigenvalue weighted by Crippen LogP contribution is 2.49. The maximum atomic E-state index is 16.0. The van der Waals surface area contributed by atoms with E-state index in [0.717, 1.165) is 12.1 Å². The molecule has 0 saturated carbocycles. The molecule has 0 spiro atoms. The molecule has 0 bridgehead atoms. The molecule has 2 unspecified atom stereocenters. The van der Waals surface area contributed by atoms with Crippen molar-refractivity contribution in [2.75, 3.05) is 40.9 Å². The van der Waals surface area contributed by atoms with Crippen molar-refractivity contribution in [2.45, 2.75) is 31.1 Å². The molecular weight excluding hydrogens is 696 g/mol. The van der Waals surface area contributed by atoms with Crippen molar-refractivity contribution in [1.82, 2.24) is 0 Å². The molecule has 2 fully saturated rings. The van der Waals surface area contributed by atoms with Crippen LogP contribution in [0, 0.1) is 31.9 Å². The van der Waals surface area contributed by atoms with E-state index in [1.165, 1.54) is 53.4 Å². The summed E-state index contributed by atoms with van der Waals surface area (Å²) in [5.41, 5.74) is -0.124. The summed E-state index contributed by atoms with van der Waals surface area (Å²) in [6.07, 6.45) is -3.69. The number of benzene rings is 4. The highest BCUT2D eigenvalue weighted by molar-refractivity contribution is 6.33. The Bertz CT molecular complexity index is 1830. The van der Waals surface area contributed by atoms with Crippen LogP contribution in [0.5, 0.6) is 0 Å². The first-order valence-electron chi connectivity index (χ1n) is 15.0. The minimum absolute atomic E-state index is 0.0805. The Morgan fingerprint density at radius 3 is 1.53 bits per heavy atom. The Morgan fingerprint density at radius 1 is 0.653 bits per heavy atom. The smallest absolute Gasteiger partial charge is 0.368 e. The monoisotopic (exact) mass is 721 g/mol. The zero-order valence-corrected chi connectivity index (χ0v) is 26.9. The molecule has 256 valence electrons. The molecule has 9 nitrogen and oxygen atoms in total. The van der Waals surface area contributed by atoms with E-state index in [1.807, 2.05) is 4.90 Å². The fourth-order valence-electron chi connectivity index (χ4n) is 6.63. The predicted octanol–water partition coefficient (Wildman–Crippen LogP) is 9.52. The number of anilines is 3. The van der Waals surface area contributed by atoms with Crippen LogP contribution in [-0.2, 0) is 6.18 Å². The third-order valence-electron chi connectivity index (χ3n) is 8.94. The summed E-state index contributed by atoms with van der Waals surface area (Å²) in [6.45, 7) is 0.970. The van der Waals surface area contributed by atoms with E-state index in [0.29, 0.717) is 42.7 Å². The van der Waals surface area contributed by atoms with Gasteiger partial charge in [-0.15, -0.1) is 0 Å². The number of nitro benzene ring substituents is 2. The zero-order valence-electron chi connectivity index (χ0n) is 25.3. The lowest BCUT2D eigenvalue weighted by atomic mass is 10.0. The van der Waals surface area contributed by atoms with E-state index in [4.69, 9.17) is 23.2 Å². The Hall–Kier alpha value is -4.69. The number of hydrogen-bond acceptors (Lipinski definition) is 7. The maximum absolute atomic E-state index is 16.0. The molecule has 2 saturated heterocycles. The molecule has 2 atom stereocenters. The second-order valence-electron chi connectivity index (χ2n) is 11.7. The fraction of sp³-hybridized carbons (Fsp3) is 0.273. The third kappa shape index (κ3) is 6.79. The molecule has 0 N–H and O–H groups in total. The minimum atomic E-state index is -4.47. The summed E-state index contributed by atoms with van der Waals surface area (Å²) < 4.78 is 70.9. The van der Waals surface area contributed by atoms with E-state index >= 15 is 8.78 Å². The normalized spacial score (nSPS) is 18.2. The summed E-state index contributed by atoms with van der Waals surface area (Å²) >= 11 is 12.1. The lowest BCUT2D eigenvalue weighted by Gasteiger charge is -2.38. The third-order valence-corrected chi connectivity index (χ3v) is 9.58. The molecule has 4 aromatic rings. The summed E-state index contributed by atoms with van der Waals surface area (Å²) in [6, 6.07) is 14.4. The molecule has 2 aliphatic rings. The Kier molecular flexibility index (Phi) is 9.29. The standard InChI is InChI=1S/C33H26Cl2F5N5O4/c34-24-7-1-19(15-30(24)44(46)47)28-9-10-29(20-2-8-25(35)31(16-20)45(48)49)43(28)23-17-26(36)32(27(37)18-23)42-13-11-41(12-14-42)22-5-3-21(4-6-22)33(38,39)40/h1-8,15-18,28-29H,9-14H2. The van der Waals surface area contributed by atoms with Gasteiger partial charge in [-0.1, -0.05) is 35.3 Å². The van der Waals surface area contributed by atoms with Crippen LogP contribution in [-0.4, -0.2) is 36.0 Å². The number of nitro groups is 2. The van der Waals surface area contributed by atoms with Crippen LogP contribution in [0.1, 0.15) is 41.6 Å². The van der Waals surface area contributed by atoms with E-state index in [9.17, 15) is 33.4 Å². The van der Waals surface area contributed by atoms with Crippen molar-refractivity contribution in [3.05, 3.63) is 131 Å².